The van der Waals surface area contributed by atoms with Crippen molar-refractivity contribution < 1.29 is 0 Å². The molecule has 1 aliphatic heterocycles. The third-order valence-electron chi connectivity index (χ3n) is 3.40. The molecular weight excluding hydrogens is 226 g/mol. The van der Waals surface area contributed by atoms with E-state index in [1.807, 2.05) is 0 Å². The van der Waals surface area contributed by atoms with Crippen molar-refractivity contribution >= 4 is 11.8 Å². The van der Waals surface area contributed by atoms with E-state index in [4.69, 9.17) is 0 Å². The maximum Gasteiger partial charge on any atom is 0.0168 e. The summed E-state index contributed by atoms with van der Waals surface area (Å²) in [7, 11) is 0. The lowest BCUT2D eigenvalue weighted by Gasteiger charge is -2.18. The molecule has 94 valence electrons. The van der Waals surface area contributed by atoms with E-state index in [2.05, 4.69) is 55.2 Å². The molecule has 0 aliphatic carbocycles. The summed E-state index contributed by atoms with van der Waals surface area (Å²) in [5, 5.41) is 3.74. The van der Waals surface area contributed by atoms with Crippen molar-refractivity contribution in [3.05, 3.63) is 35.4 Å². The minimum atomic E-state index is 0.638. The molecular formula is C15H23NS. The summed E-state index contributed by atoms with van der Waals surface area (Å²) in [6.45, 7) is 4.49. The molecule has 1 aromatic rings. The van der Waals surface area contributed by atoms with E-state index >= 15 is 0 Å². The van der Waals surface area contributed by atoms with Gasteiger partial charge in [0, 0.05) is 17.8 Å². The van der Waals surface area contributed by atoms with Gasteiger partial charge in [0.2, 0.25) is 0 Å². The van der Waals surface area contributed by atoms with Crippen LogP contribution in [0.2, 0.25) is 0 Å². The molecule has 0 radical (unpaired) electrons. The molecule has 2 unspecified atom stereocenters. The predicted octanol–water partition coefficient (Wildman–Crippen LogP) is 3.41. The second kappa shape index (κ2) is 6.46. The van der Waals surface area contributed by atoms with Gasteiger partial charge >= 0.3 is 0 Å². The fourth-order valence-corrected chi connectivity index (χ4v) is 3.57. The zero-order valence-corrected chi connectivity index (χ0v) is 11.7. The van der Waals surface area contributed by atoms with Crippen molar-refractivity contribution in [1.82, 2.24) is 5.32 Å². The first kappa shape index (κ1) is 13.0. The van der Waals surface area contributed by atoms with Gasteiger partial charge in [-0.15, -0.1) is 0 Å². The van der Waals surface area contributed by atoms with Gasteiger partial charge in [-0.2, -0.15) is 11.8 Å². The Morgan fingerprint density at radius 1 is 1.47 bits per heavy atom. The zero-order chi connectivity index (χ0) is 12.1. The van der Waals surface area contributed by atoms with E-state index in [1.54, 1.807) is 0 Å². The van der Waals surface area contributed by atoms with Crippen molar-refractivity contribution in [3.63, 3.8) is 0 Å². The molecule has 1 saturated heterocycles. The van der Waals surface area contributed by atoms with Gasteiger partial charge in [0.15, 0.2) is 0 Å². The van der Waals surface area contributed by atoms with Crippen molar-refractivity contribution in [2.24, 2.45) is 0 Å². The molecule has 0 amide bonds. The van der Waals surface area contributed by atoms with Crippen LogP contribution < -0.4 is 5.32 Å². The van der Waals surface area contributed by atoms with Crippen LogP contribution in [0.15, 0.2) is 24.3 Å². The maximum absolute atomic E-state index is 3.74. The van der Waals surface area contributed by atoms with E-state index in [0.717, 1.165) is 6.04 Å². The summed E-state index contributed by atoms with van der Waals surface area (Å²) in [5.74, 6) is 2.64. The Hall–Kier alpha value is -0.470. The third kappa shape index (κ3) is 4.36. The number of hydrogen-bond donors (Lipinski definition) is 1. The molecule has 1 aromatic carbocycles. The molecule has 2 rings (SSSR count). The first-order chi connectivity index (χ1) is 8.24. The Bertz CT molecular complexity index is 345. The van der Waals surface area contributed by atoms with Gasteiger partial charge in [-0.3, -0.25) is 0 Å². The molecule has 0 aromatic heterocycles. The van der Waals surface area contributed by atoms with Gasteiger partial charge in [-0.1, -0.05) is 29.8 Å². The minimum Gasteiger partial charge on any atom is -0.311 e. The van der Waals surface area contributed by atoms with Crippen LogP contribution in [0.5, 0.6) is 0 Å². The Kier molecular flexibility index (Phi) is 4.93. The summed E-state index contributed by atoms with van der Waals surface area (Å²) in [6.07, 6.45) is 3.78. The van der Waals surface area contributed by atoms with Gasteiger partial charge in [0.05, 0.1) is 0 Å². The van der Waals surface area contributed by atoms with E-state index in [1.165, 1.54) is 41.9 Å². The summed E-state index contributed by atoms with van der Waals surface area (Å²) in [6, 6.07) is 10.3. The summed E-state index contributed by atoms with van der Waals surface area (Å²) in [5.41, 5.74) is 2.84. The number of hydrogen-bond acceptors (Lipinski definition) is 2. The lowest BCUT2D eigenvalue weighted by molar-refractivity contribution is 0.451. The van der Waals surface area contributed by atoms with E-state index in [0.29, 0.717) is 6.04 Å². The highest BCUT2D eigenvalue weighted by Gasteiger charge is 2.16. The molecule has 0 spiro atoms. The van der Waals surface area contributed by atoms with Gasteiger partial charge < -0.3 is 5.32 Å². The molecule has 1 N–H and O–H groups in total. The van der Waals surface area contributed by atoms with Crippen LogP contribution >= 0.6 is 11.8 Å². The Balaban J connectivity index is 1.73. The van der Waals surface area contributed by atoms with Crippen molar-refractivity contribution in [2.75, 3.05) is 11.5 Å². The monoisotopic (exact) mass is 249 g/mol. The lowest BCUT2D eigenvalue weighted by atomic mass is 10.0. The maximum atomic E-state index is 3.74. The predicted molar refractivity (Wildman–Crippen MR) is 77.8 cm³/mol. The smallest absolute Gasteiger partial charge is 0.0168 e. The zero-order valence-electron chi connectivity index (χ0n) is 10.9. The number of nitrogens with one attached hydrogen (secondary N) is 1. The highest BCUT2D eigenvalue weighted by molar-refractivity contribution is 7.99. The van der Waals surface area contributed by atoms with Crippen LogP contribution in [0.4, 0.5) is 0 Å². The number of aryl methyl sites for hydroxylation is 2. The molecule has 0 saturated carbocycles. The second-order valence-corrected chi connectivity index (χ2v) is 6.31. The lowest BCUT2D eigenvalue weighted by Crippen LogP contribution is -2.36. The van der Waals surface area contributed by atoms with Gasteiger partial charge in [0.1, 0.15) is 0 Å². The van der Waals surface area contributed by atoms with E-state index in [9.17, 15) is 0 Å². The SMILES string of the molecule is Cc1cccc(CCC(C)NC2CCSC2)c1. The molecule has 1 nitrogen and oxygen atoms in total. The van der Waals surface area contributed by atoms with Crippen LogP contribution in [0.25, 0.3) is 0 Å². The summed E-state index contributed by atoms with van der Waals surface area (Å²) in [4.78, 5) is 0. The first-order valence-electron chi connectivity index (χ1n) is 6.63. The fraction of sp³-hybridized carbons (Fsp3) is 0.600. The third-order valence-corrected chi connectivity index (χ3v) is 4.56. The van der Waals surface area contributed by atoms with Crippen LogP contribution in [0, 0.1) is 6.92 Å². The first-order valence-corrected chi connectivity index (χ1v) is 7.79. The van der Waals surface area contributed by atoms with Crippen LogP contribution in [-0.4, -0.2) is 23.6 Å². The highest BCUT2D eigenvalue weighted by Crippen LogP contribution is 2.18. The number of benzene rings is 1. The van der Waals surface area contributed by atoms with E-state index < -0.39 is 0 Å². The molecule has 1 aliphatic rings. The minimum absolute atomic E-state index is 0.638. The van der Waals surface area contributed by atoms with Crippen LogP contribution in [0.3, 0.4) is 0 Å². The Morgan fingerprint density at radius 2 is 2.35 bits per heavy atom. The average molecular weight is 249 g/mol. The fourth-order valence-electron chi connectivity index (χ4n) is 2.40. The number of rotatable bonds is 5. The topological polar surface area (TPSA) is 12.0 Å². The summed E-state index contributed by atoms with van der Waals surface area (Å²) >= 11 is 2.08. The molecule has 1 heterocycles. The molecule has 2 atom stereocenters. The van der Waals surface area contributed by atoms with Crippen molar-refractivity contribution in [3.8, 4) is 0 Å². The van der Waals surface area contributed by atoms with Crippen molar-refractivity contribution in [1.29, 1.82) is 0 Å². The van der Waals surface area contributed by atoms with Gasteiger partial charge in [0.25, 0.3) is 0 Å². The second-order valence-electron chi connectivity index (χ2n) is 5.16. The summed E-state index contributed by atoms with van der Waals surface area (Å²) < 4.78 is 0. The average Bonchev–Trinajstić information content (AvgIpc) is 2.79. The van der Waals surface area contributed by atoms with Crippen LogP contribution in [0.1, 0.15) is 30.9 Å². The normalized spacial score (nSPS) is 21.6. The van der Waals surface area contributed by atoms with E-state index in [-0.39, 0.29) is 0 Å². The molecule has 0 bridgehead atoms. The molecule has 1 fully saturated rings. The van der Waals surface area contributed by atoms with Crippen LogP contribution in [-0.2, 0) is 6.42 Å². The molecule has 2 heteroatoms. The highest BCUT2D eigenvalue weighted by atomic mass is 32.2. The Morgan fingerprint density at radius 3 is 3.06 bits per heavy atom. The molecule has 17 heavy (non-hydrogen) atoms. The van der Waals surface area contributed by atoms with Gasteiger partial charge in [-0.25, -0.2) is 0 Å². The number of thioether (sulfide) groups is 1. The van der Waals surface area contributed by atoms with Crippen molar-refractivity contribution in [2.45, 2.75) is 45.2 Å². The quantitative estimate of drug-likeness (QED) is 0.858. The Labute approximate surface area is 109 Å². The van der Waals surface area contributed by atoms with Gasteiger partial charge in [-0.05, 0) is 44.4 Å². The standard InChI is InChI=1S/C15H23NS/c1-12-4-3-5-14(10-12)7-6-13(2)16-15-8-9-17-11-15/h3-5,10,13,15-16H,6-9,11H2,1-2H3. The largest absolute Gasteiger partial charge is 0.311 e.